The fourth-order valence-corrected chi connectivity index (χ4v) is 6.82. The number of ether oxygens (including phenoxy) is 1. The number of carbonyl (C=O) groups is 2. The average Bonchev–Trinajstić information content (AvgIpc) is 3.36. The van der Waals surface area contributed by atoms with E-state index in [-0.39, 0.29) is 5.97 Å². The van der Waals surface area contributed by atoms with E-state index in [0.29, 0.717) is 24.5 Å². The molecular weight excluding hydrogens is 809 g/mol. The van der Waals surface area contributed by atoms with Crippen LogP contribution in [-0.4, -0.2) is 56.2 Å². The molecular formula is C55H48N6O4. The molecule has 0 saturated heterocycles. The quantitative estimate of drug-likeness (QED) is 0.0636. The molecule has 0 amide bonds. The van der Waals surface area contributed by atoms with Crippen molar-refractivity contribution in [3.05, 3.63) is 228 Å². The van der Waals surface area contributed by atoms with Crippen molar-refractivity contribution in [1.82, 2.24) is 19.9 Å². The second-order valence-corrected chi connectivity index (χ2v) is 14.9. The maximum atomic E-state index is 12.3. The van der Waals surface area contributed by atoms with Gasteiger partial charge in [0.05, 0.1) is 18.5 Å². The summed E-state index contributed by atoms with van der Waals surface area (Å²) in [4.78, 5) is 41.4. The van der Waals surface area contributed by atoms with E-state index in [1.807, 2.05) is 140 Å². The zero-order valence-electron chi connectivity index (χ0n) is 35.8. The number of nitrogens with zero attached hydrogens (tertiary/aromatic N) is 4. The van der Waals surface area contributed by atoms with Gasteiger partial charge in [-0.2, -0.15) is 0 Å². The number of carboxylic acids is 1. The van der Waals surface area contributed by atoms with Gasteiger partial charge in [-0.1, -0.05) is 194 Å². The number of anilines is 2. The van der Waals surface area contributed by atoms with Crippen LogP contribution in [0.4, 0.5) is 11.6 Å². The molecule has 322 valence electrons. The highest BCUT2D eigenvalue weighted by Crippen LogP contribution is 2.23. The maximum absolute atomic E-state index is 12.3. The SMILES string of the molecule is COC(=O)C(Cc1ccccc1)Nc1cc(-c2ccc(/C=C/c3ccccc3)cc2)ncn1.O=C(O)C(Cc1ccccc1)Nc1cc(-c2ccc(/C=C/c3ccccc3)cc2)ncn1. The van der Waals surface area contributed by atoms with E-state index in [2.05, 4.69) is 91.3 Å². The zero-order valence-corrected chi connectivity index (χ0v) is 35.8. The molecule has 0 aliphatic heterocycles. The number of nitrogens with one attached hydrogen (secondary N) is 2. The summed E-state index contributed by atoms with van der Waals surface area (Å²) in [5, 5.41) is 15.9. The smallest absolute Gasteiger partial charge is 0.328 e. The van der Waals surface area contributed by atoms with Gasteiger partial charge in [0.25, 0.3) is 0 Å². The van der Waals surface area contributed by atoms with E-state index in [0.717, 1.165) is 55.9 Å². The molecule has 0 bridgehead atoms. The van der Waals surface area contributed by atoms with E-state index in [4.69, 9.17) is 4.74 Å². The number of hydrogen-bond acceptors (Lipinski definition) is 9. The first-order valence-electron chi connectivity index (χ1n) is 21.1. The van der Waals surface area contributed by atoms with Crippen molar-refractivity contribution >= 4 is 47.9 Å². The Morgan fingerprint density at radius 1 is 0.492 bits per heavy atom. The van der Waals surface area contributed by atoms with Crippen molar-refractivity contribution in [2.75, 3.05) is 17.7 Å². The Kier molecular flexibility index (Phi) is 15.8. The number of rotatable bonds is 16. The first-order valence-corrected chi connectivity index (χ1v) is 21.1. The number of hydrogen-bond donors (Lipinski definition) is 3. The van der Waals surface area contributed by atoms with Crippen LogP contribution >= 0.6 is 0 Å². The van der Waals surface area contributed by atoms with Crippen molar-refractivity contribution in [2.24, 2.45) is 0 Å². The third-order valence-corrected chi connectivity index (χ3v) is 10.3. The molecule has 8 rings (SSSR count). The van der Waals surface area contributed by atoms with Gasteiger partial charge in [-0.25, -0.2) is 29.5 Å². The minimum Gasteiger partial charge on any atom is -0.480 e. The number of carbonyl (C=O) groups excluding carboxylic acids is 1. The summed E-state index contributed by atoms with van der Waals surface area (Å²) in [6.45, 7) is 0. The number of methoxy groups -OCH3 is 1. The molecule has 10 heteroatoms. The minimum absolute atomic E-state index is 0.339. The summed E-state index contributed by atoms with van der Waals surface area (Å²) in [5.74, 6) is -0.220. The van der Waals surface area contributed by atoms with Crippen molar-refractivity contribution in [1.29, 1.82) is 0 Å². The van der Waals surface area contributed by atoms with Gasteiger partial charge in [0.1, 0.15) is 36.4 Å². The van der Waals surface area contributed by atoms with E-state index in [1.165, 1.54) is 19.8 Å². The van der Waals surface area contributed by atoms with E-state index in [1.54, 1.807) is 6.07 Å². The molecule has 2 atom stereocenters. The molecule has 6 aromatic carbocycles. The van der Waals surface area contributed by atoms with Crippen LogP contribution in [0.25, 0.3) is 46.8 Å². The highest BCUT2D eigenvalue weighted by atomic mass is 16.5. The van der Waals surface area contributed by atoms with Crippen LogP contribution in [0.3, 0.4) is 0 Å². The first-order chi connectivity index (χ1) is 31.9. The molecule has 8 aromatic rings. The topological polar surface area (TPSA) is 139 Å². The summed E-state index contributed by atoms with van der Waals surface area (Å²) in [6, 6.07) is 58.2. The number of esters is 1. The lowest BCUT2D eigenvalue weighted by Crippen LogP contribution is -2.33. The van der Waals surface area contributed by atoms with Crippen LogP contribution in [0.1, 0.15) is 33.4 Å². The van der Waals surface area contributed by atoms with Crippen LogP contribution < -0.4 is 10.6 Å². The van der Waals surface area contributed by atoms with Crippen LogP contribution in [0.15, 0.2) is 195 Å². The first kappa shape index (κ1) is 44.6. The second-order valence-electron chi connectivity index (χ2n) is 14.9. The molecule has 0 radical (unpaired) electrons. The highest BCUT2D eigenvalue weighted by molar-refractivity contribution is 5.80. The zero-order chi connectivity index (χ0) is 45.1. The molecule has 65 heavy (non-hydrogen) atoms. The molecule has 0 aliphatic carbocycles. The monoisotopic (exact) mass is 856 g/mol. The predicted octanol–water partition coefficient (Wildman–Crippen LogP) is 10.9. The molecule has 2 heterocycles. The lowest BCUT2D eigenvalue weighted by Gasteiger charge is -2.17. The Labute approximate surface area is 379 Å². The number of carboxylic acid groups (broad SMARTS) is 1. The van der Waals surface area contributed by atoms with Crippen LogP contribution in [0.5, 0.6) is 0 Å². The molecule has 0 aliphatic rings. The van der Waals surface area contributed by atoms with Gasteiger partial charge in [-0.15, -0.1) is 0 Å². The number of aromatic nitrogens is 4. The molecule has 2 aromatic heterocycles. The van der Waals surface area contributed by atoms with Crippen molar-refractivity contribution in [2.45, 2.75) is 24.9 Å². The average molecular weight is 857 g/mol. The van der Waals surface area contributed by atoms with Crippen molar-refractivity contribution < 1.29 is 19.4 Å². The largest absolute Gasteiger partial charge is 0.480 e. The van der Waals surface area contributed by atoms with E-state index >= 15 is 0 Å². The summed E-state index contributed by atoms with van der Waals surface area (Å²) in [7, 11) is 1.39. The van der Waals surface area contributed by atoms with Gasteiger partial charge in [0.15, 0.2) is 0 Å². The number of aliphatic carboxylic acids is 1. The molecule has 0 saturated carbocycles. The minimum atomic E-state index is -0.927. The Morgan fingerprint density at radius 3 is 1.23 bits per heavy atom. The fraction of sp³-hybridized carbons (Fsp3) is 0.0909. The van der Waals surface area contributed by atoms with Crippen LogP contribution in [0, 0.1) is 0 Å². The van der Waals surface area contributed by atoms with E-state index in [9.17, 15) is 14.7 Å². The number of benzene rings is 6. The summed E-state index contributed by atoms with van der Waals surface area (Å²) < 4.78 is 4.99. The lowest BCUT2D eigenvalue weighted by molar-refractivity contribution is -0.141. The highest BCUT2D eigenvalue weighted by Gasteiger charge is 2.21. The van der Waals surface area contributed by atoms with Crippen molar-refractivity contribution in [3.63, 3.8) is 0 Å². The predicted molar refractivity (Wildman–Crippen MR) is 260 cm³/mol. The summed E-state index contributed by atoms with van der Waals surface area (Å²) in [5.41, 5.74) is 9.86. The Hall–Kier alpha value is -8.50. The Balaban J connectivity index is 0.000000194. The van der Waals surface area contributed by atoms with Gasteiger partial charge in [-0.3, -0.25) is 0 Å². The second kappa shape index (κ2) is 23.1. The molecule has 3 N–H and O–H groups in total. The summed E-state index contributed by atoms with van der Waals surface area (Å²) >= 11 is 0. The molecule has 2 unspecified atom stereocenters. The van der Waals surface area contributed by atoms with E-state index < -0.39 is 18.1 Å². The molecule has 10 nitrogen and oxygen atoms in total. The van der Waals surface area contributed by atoms with Gasteiger partial charge < -0.3 is 20.5 Å². The Morgan fingerprint density at radius 2 is 0.846 bits per heavy atom. The van der Waals surface area contributed by atoms with Gasteiger partial charge >= 0.3 is 11.9 Å². The van der Waals surface area contributed by atoms with Crippen LogP contribution in [-0.2, 0) is 27.2 Å². The van der Waals surface area contributed by atoms with Gasteiger partial charge in [-0.05, 0) is 33.4 Å². The third-order valence-electron chi connectivity index (χ3n) is 10.3. The maximum Gasteiger partial charge on any atom is 0.328 e. The standard InChI is InChI=1S/C28H25N3O2.C27H23N3O2/c1-33-28(32)26(18-23-10-6-3-7-11-23)31-27-19-25(29-20-30-27)24-16-14-22(15-17-24)13-12-21-8-4-2-5-9-21;31-27(32)25(17-22-9-5-2-6-10-22)30-26-18-24(28-19-29-26)23-15-13-21(14-16-23)12-11-20-7-3-1-4-8-20/h2-17,19-20,26H,18H2,1H3,(H,29,30,31);1-16,18-19,25H,17H2,(H,31,32)(H,28,29,30)/b13-12+;12-11+. The van der Waals surface area contributed by atoms with Gasteiger partial charge in [0, 0.05) is 36.1 Å². The molecule has 0 spiro atoms. The van der Waals surface area contributed by atoms with Crippen molar-refractivity contribution in [3.8, 4) is 22.5 Å². The van der Waals surface area contributed by atoms with Crippen LogP contribution in [0.2, 0.25) is 0 Å². The molecule has 0 fully saturated rings. The normalized spacial score (nSPS) is 11.8. The van der Waals surface area contributed by atoms with Gasteiger partial charge in [0.2, 0.25) is 0 Å². The third kappa shape index (κ3) is 13.7. The fourth-order valence-electron chi connectivity index (χ4n) is 6.82. The lowest BCUT2D eigenvalue weighted by atomic mass is 10.1. The Bertz CT molecular complexity index is 2790. The summed E-state index contributed by atoms with van der Waals surface area (Å²) in [6.07, 6.45) is 12.1.